The minimum absolute atomic E-state index is 0.739. The fourth-order valence-corrected chi connectivity index (χ4v) is 3.31. The molecule has 0 bridgehead atoms. The van der Waals surface area contributed by atoms with Gasteiger partial charge in [0.2, 0.25) is 0 Å². The molecule has 0 amide bonds. The molecule has 4 heterocycles. The second-order valence-corrected chi connectivity index (χ2v) is 6.65. The van der Waals surface area contributed by atoms with Crippen molar-refractivity contribution >= 4 is 21.9 Å². The standard InChI is InChI=1S/C21H19N7/c1-2-22-9-13-7-14(11-23-10-13)18-8-15-19(12-24-18)27-28-20(15)21-25-16-5-3-4-6-17(16)26-21/h3-8,10-12,22H,2,9H2,1H3,(H,25,26)(H,27,28). The largest absolute Gasteiger partial charge is 0.337 e. The zero-order valence-corrected chi connectivity index (χ0v) is 15.4. The SMILES string of the molecule is CCNCc1cncc(-c2cc3c(-c4nc5ccccc5[nH]4)n[nH]c3cn2)c1. The van der Waals surface area contributed by atoms with E-state index >= 15 is 0 Å². The first-order valence-corrected chi connectivity index (χ1v) is 9.26. The Kier molecular flexibility index (Phi) is 4.06. The van der Waals surface area contributed by atoms with Gasteiger partial charge in [-0.05, 0) is 36.4 Å². The lowest BCUT2D eigenvalue weighted by atomic mass is 10.1. The fraction of sp³-hybridized carbons (Fsp3) is 0.143. The van der Waals surface area contributed by atoms with Crippen LogP contribution in [0, 0.1) is 0 Å². The number of imidazole rings is 1. The number of aromatic amines is 2. The van der Waals surface area contributed by atoms with Crippen LogP contribution >= 0.6 is 0 Å². The van der Waals surface area contributed by atoms with E-state index in [1.807, 2.05) is 42.7 Å². The number of fused-ring (bicyclic) bond motifs is 2. The summed E-state index contributed by atoms with van der Waals surface area (Å²) in [5.74, 6) is 0.739. The molecule has 0 radical (unpaired) electrons. The monoisotopic (exact) mass is 369 g/mol. The predicted octanol–water partition coefficient (Wildman–Crippen LogP) is 3.67. The molecule has 5 aromatic rings. The quantitative estimate of drug-likeness (QED) is 0.439. The van der Waals surface area contributed by atoms with Gasteiger partial charge in [-0.1, -0.05) is 19.1 Å². The molecular formula is C21H19N7. The number of aromatic nitrogens is 6. The zero-order chi connectivity index (χ0) is 18.9. The Morgan fingerprint density at radius 2 is 1.96 bits per heavy atom. The van der Waals surface area contributed by atoms with Crippen molar-refractivity contribution in [3.63, 3.8) is 0 Å². The average Bonchev–Trinajstić information content (AvgIpc) is 3.35. The summed E-state index contributed by atoms with van der Waals surface area (Å²) < 4.78 is 0. The van der Waals surface area contributed by atoms with Gasteiger partial charge in [-0.25, -0.2) is 4.98 Å². The third kappa shape index (κ3) is 2.91. The van der Waals surface area contributed by atoms with Crippen molar-refractivity contribution in [1.29, 1.82) is 0 Å². The third-order valence-corrected chi connectivity index (χ3v) is 4.73. The molecule has 7 heteroatoms. The first-order valence-electron chi connectivity index (χ1n) is 9.26. The number of pyridine rings is 2. The highest BCUT2D eigenvalue weighted by Gasteiger charge is 2.14. The van der Waals surface area contributed by atoms with Gasteiger partial charge < -0.3 is 10.3 Å². The Balaban J connectivity index is 1.58. The minimum atomic E-state index is 0.739. The van der Waals surface area contributed by atoms with Gasteiger partial charge in [0.1, 0.15) is 5.69 Å². The molecule has 0 spiro atoms. The maximum absolute atomic E-state index is 4.68. The summed E-state index contributed by atoms with van der Waals surface area (Å²) in [4.78, 5) is 17.0. The first-order chi connectivity index (χ1) is 13.8. The van der Waals surface area contributed by atoms with E-state index in [1.54, 1.807) is 6.20 Å². The Bertz CT molecular complexity index is 1240. The Morgan fingerprint density at radius 1 is 1.04 bits per heavy atom. The Hall–Kier alpha value is -3.58. The minimum Gasteiger partial charge on any atom is -0.337 e. The average molecular weight is 369 g/mol. The van der Waals surface area contributed by atoms with Crippen molar-refractivity contribution in [2.75, 3.05) is 6.54 Å². The van der Waals surface area contributed by atoms with Crippen LogP contribution in [0.15, 0.2) is 55.0 Å². The summed E-state index contributed by atoms with van der Waals surface area (Å²) in [6.45, 7) is 3.80. The number of nitrogens with one attached hydrogen (secondary N) is 3. The van der Waals surface area contributed by atoms with Crippen molar-refractivity contribution in [2.45, 2.75) is 13.5 Å². The van der Waals surface area contributed by atoms with Crippen LogP contribution in [0.2, 0.25) is 0 Å². The van der Waals surface area contributed by atoms with E-state index in [4.69, 9.17) is 0 Å². The second kappa shape index (κ2) is 6.86. The summed E-state index contributed by atoms with van der Waals surface area (Å²) in [5, 5.41) is 11.8. The van der Waals surface area contributed by atoms with E-state index in [9.17, 15) is 0 Å². The fourth-order valence-electron chi connectivity index (χ4n) is 3.31. The van der Waals surface area contributed by atoms with Crippen LogP contribution in [0.3, 0.4) is 0 Å². The number of rotatable bonds is 5. The van der Waals surface area contributed by atoms with Gasteiger partial charge in [-0.3, -0.25) is 15.1 Å². The van der Waals surface area contributed by atoms with Crippen LogP contribution in [-0.2, 0) is 6.54 Å². The molecule has 0 fully saturated rings. The molecule has 3 N–H and O–H groups in total. The van der Waals surface area contributed by atoms with Gasteiger partial charge in [-0.2, -0.15) is 5.10 Å². The molecule has 0 aliphatic carbocycles. The van der Waals surface area contributed by atoms with Crippen LogP contribution in [0.25, 0.3) is 44.7 Å². The molecule has 0 aliphatic rings. The Morgan fingerprint density at radius 3 is 2.86 bits per heavy atom. The highest BCUT2D eigenvalue weighted by atomic mass is 15.1. The number of hydrogen-bond acceptors (Lipinski definition) is 5. The number of benzene rings is 1. The van der Waals surface area contributed by atoms with Gasteiger partial charge in [0.15, 0.2) is 5.82 Å². The summed E-state index contributed by atoms with van der Waals surface area (Å²) in [7, 11) is 0. The van der Waals surface area contributed by atoms with Crippen molar-refractivity contribution in [3.05, 3.63) is 60.6 Å². The lowest BCUT2D eigenvalue weighted by molar-refractivity contribution is 0.724. The smallest absolute Gasteiger partial charge is 0.159 e. The Labute approximate surface area is 161 Å². The van der Waals surface area contributed by atoms with E-state index in [0.29, 0.717) is 0 Å². The van der Waals surface area contributed by atoms with Crippen LogP contribution in [-0.4, -0.2) is 36.7 Å². The van der Waals surface area contributed by atoms with E-state index in [0.717, 1.165) is 63.4 Å². The second-order valence-electron chi connectivity index (χ2n) is 6.65. The summed E-state index contributed by atoms with van der Waals surface area (Å²) in [6.07, 6.45) is 5.52. The van der Waals surface area contributed by atoms with Crippen LogP contribution in [0.5, 0.6) is 0 Å². The molecular weight excluding hydrogens is 350 g/mol. The molecule has 4 aromatic heterocycles. The van der Waals surface area contributed by atoms with Crippen molar-refractivity contribution < 1.29 is 0 Å². The van der Waals surface area contributed by atoms with Gasteiger partial charge in [0.25, 0.3) is 0 Å². The van der Waals surface area contributed by atoms with Gasteiger partial charge in [0, 0.05) is 29.9 Å². The summed E-state index contributed by atoms with van der Waals surface area (Å²) in [6, 6.07) is 12.1. The zero-order valence-electron chi connectivity index (χ0n) is 15.4. The summed E-state index contributed by atoms with van der Waals surface area (Å²) >= 11 is 0. The number of H-pyrrole nitrogens is 2. The van der Waals surface area contributed by atoms with E-state index in [-0.39, 0.29) is 0 Å². The maximum Gasteiger partial charge on any atom is 0.159 e. The molecule has 0 saturated heterocycles. The number of para-hydroxylation sites is 2. The highest BCUT2D eigenvalue weighted by molar-refractivity contribution is 5.94. The molecule has 0 saturated carbocycles. The molecule has 1 aromatic carbocycles. The first kappa shape index (κ1) is 16.6. The summed E-state index contributed by atoms with van der Waals surface area (Å²) in [5.41, 5.74) is 6.53. The molecule has 0 atom stereocenters. The van der Waals surface area contributed by atoms with Crippen molar-refractivity contribution in [2.24, 2.45) is 0 Å². The lowest BCUT2D eigenvalue weighted by Crippen LogP contribution is -2.11. The van der Waals surface area contributed by atoms with Crippen LogP contribution < -0.4 is 5.32 Å². The molecule has 138 valence electrons. The molecule has 0 unspecified atom stereocenters. The van der Waals surface area contributed by atoms with Crippen molar-refractivity contribution in [3.8, 4) is 22.8 Å². The normalized spacial score (nSPS) is 11.5. The molecule has 5 rings (SSSR count). The van der Waals surface area contributed by atoms with Crippen molar-refractivity contribution in [1.82, 2.24) is 35.5 Å². The van der Waals surface area contributed by atoms with Crippen LogP contribution in [0.4, 0.5) is 0 Å². The highest BCUT2D eigenvalue weighted by Crippen LogP contribution is 2.29. The number of nitrogens with zero attached hydrogens (tertiary/aromatic N) is 4. The predicted molar refractivity (Wildman–Crippen MR) is 110 cm³/mol. The lowest BCUT2D eigenvalue weighted by Gasteiger charge is -2.05. The topological polar surface area (TPSA) is 95.2 Å². The van der Waals surface area contributed by atoms with Gasteiger partial charge >= 0.3 is 0 Å². The number of hydrogen-bond donors (Lipinski definition) is 3. The third-order valence-electron chi connectivity index (χ3n) is 4.73. The molecule has 7 nitrogen and oxygen atoms in total. The van der Waals surface area contributed by atoms with E-state index in [2.05, 4.69) is 48.4 Å². The van der Waals surface area contributed by atoms with E-state index in [1.165, 1.54) is 0 Å². The maximum atomic E-state index is 4.68. The van der Waals surface area contributed by atoms with Gasteiger partial charge in [-0.15, -0.1) is 0 Å². The molecule has 28 heavy (non-hydrogen) atoms. The van der Waals surface area contributed by atoms with Gasteiger partial charge in [0.05, 0.1) is 28.4 Å². The molecule has 0 aliphatic heterocycles. The van der Waals surface area contributed by atoms with E-state index < -0.39 is 0 Å². The van der Waals surface area contributed by atoms with Crippen LogP contribution in [0.1, 0.15) is 12.5 Å².